The molecule has 6 nitrogen and oxygen atoms in total. The minimum Gasteiger partial charge on any atom is -0.469 e. The van der Waals surface area contributed by atoms with Crippen molar-refractivity contribution >= 4 is 5.69 Å². The number of nitriles is 1. The molecular formula is C14H19N3O3. The van der Waals surface area contributed by atoms with Gasteiger partial charge in [0, 0.05) is 12.6 Å². The van der Waals surface area contributed by atoms with E-state index in [1.165, 1.54) is 6.07 Å². The Morgan fingerprint density at radius 1 is 1.45 bits per heavy atom. The lowest BCUT2D eigenvalue weighted by Crippen LogP contribution is -2.19. The third-order valence-electron chi connectivity index (χ3n) is 2.59. The van der Waals surface area contributed by atoms with Crippen LogP contribution in [0.4, 0.5) is 5.69 Å². The summed E-state index contributed by atoms with van der Waals surface area (Å²) < 4.78 is 5.29. The van der Waals surface area contributed by atoms with E-state index in [1.54, 1.807) is 19.1 Å². The molecule has 0 radical (unpaired) electrons. The second-order valence-corrected chi connectivity index (χ2v) is 4.97. The van der Waals surface area contributed by atoms with Gasteiger partial charge in [-0.2, -0.15) is 5.26 Å². The standard InChI is InChI=1S/C14H19N3O3/c1-10(2)8-16-9-12-4-5-13(17(18)19)14(6-12)20-11(3)7-15/h4-6,10-11,16H,8-9H2,1-3H3. The van der Waals surface area contributed by atoms with Gasteiger partial charge in [-0.1, -0.05) is 19.9 Å². The zero-order chi connectivity index (χ0) is 15.1. The lowest BCUT2D eigenvalue weighted by Gasteiger charge is -2.11. The van der Waals surface area contributed by atoms with E-state index in [0.717, 1.165) is 12.1 Å². The molecule has 1 unspecified atom stereocenters. The maximum absolute atomic E-state index is 10.9. The monoisotopic (exact) mass is 277 g/mol. The summed E-state index contributed by atoms with van der Waals surface area (Å²) in [6.45, 7) is 7.22. The van der Waals surface area contributed by atoms with Crippen LogP contribution in [0.5, 0.6) is 5.75 Å². The average molecular weight is 277 g/mol. The number of benzene rings is 1. The van der Waals surface area contributed by atoms with Crippen molar-refractivity contribution in [3.63, 3.8) is 0 Å². The fourth-order valence-electron chi connectivity index (χ4n) is 1.64. The van der Waals surface area contributed by atoms with E-state index in [9.17, 15) is 10.1 Å². The van der Waals surface area contributed by atoms with E-state index in [-0.39, 0.29) is 11.4 Å². The summed E-state index contributed by atoms with van der Waals surface area (Å²) in [7, 11) is 0. The number of hydrogen-bond acceptors (Lipinski definition) is 5. The van der Waals surface area contributed by atoms with Gasteiger partial charge in [0.25, 0.3) is 0 Å². The molecule has 0 saturated heterocycles. The first-order chi connectivity index (χ1) is 9.43. The molecule has 0 heterocycles. The minimum atomic E-state index is -0.729. The van der Waals surface area contributed by atoms with Gasteiger partial charge >= 0.3 is 5.69 Å². The number of nitro groups is 1. The van der Waals surface area contributed by atoms with Gasteiger partial charge in [0.1, 0.15) is 6.07 Å². The molecule has 1 aromatic rings. The smallest absolute Gasteiger partial charge is 0.310 e. The lowest BCUT2D eigenvalue weighted by atomic mass is 10.1. The Hall–Kier alpha value is -2.13. The molecule has 6 heteroatoms. The van der Waals surface area contributed by atoms with Crippen molar-refractivity contribution in [2.45, 2.75) is 33.4 Å². The van der Waals surface area contributed by atoms with Crippen molar-refractivity contribution in [2.24, 2.45) is 5.92 Å². The van der Waals surface area contributed by atoms with E-state index < -0.39 is 11.0 Å². The Labute approximate surface area is 118 Å². The van der Waals surface area contributed by atoms with E-state index in [0.29, 0.717) is 12.5 Å². The molecule has 1 aromatic carbocycles. The van der Waals surface area contributed by atoms with Crippen LogP contribution in [0.1, 0.15) is 26.3 Å². The fraction of sp³-hybridized carbons (Fsp3) is 0.500. The molecule has 0 fully saturated rings. The molecule has 108 valence electrons. The molecule has 0 spiro atoms. The second-order valence-electron chi connectivity index (χ2n) is 4.97. The summed E-state index contributed by atoms with van der Waals surface area (Å²) in [6.07, 6.45) is -0.729. The summed E-state index contributed by atoms with van der Waals surface area (Å²) in [5.41, 5.74) is 0.760. The van der Waals surface area contributed by atoms with Crippen LogP contribution < -0.4 is 10.1 Å². The molecule has 0 aliphatic carbocycles. The topological polar surface area (TPSA) is 88.2 Å². The Balaban J connectivity index is 2.87. The maximum Gasteiger partial charge on any atom is 0.310 e. The van der Waals surface area contributed by atoms with E-state index in [4.69, 9.17) is 10.00 Å². The van der Waals surface area contributed by atoms with Crippen molar-refractivity contribution < 1.29 is 9.66 Å². The Morgan fingerprint density at radius 3 is 2.70 bits per heavy atom. The molecule has 1 atom stereocenters. The van der Waals surface area contributed by atoms with Crippen LogP contribution in [-0.4, -0.2) is 17.6 Å². The van der Waals surface area contributed by atoms with Crippen LogP contribution >= 0.6 is 0 Å². The van der Waals surface area contributed by atoms with E-state index in [2.05, 4.69) is 19.2 Å². The maximum atomic E-state index is 10.9. The van der Waals surface area contributed by atoms with Crippen molar-refractivity contribution in [3.8, 4) is 11.8 Å². The van der Waals surface area contributed by atoms with Gasteiger partial charge in [-0.05, 0) is 31.0 Å². The van der Waals surface area contributed by atoms with Crippen LogP contribution in [0.2, 0.25) is 0 Å². The van der Waals surface area contributed by atoms with Gasteiger partial charge in [0.2, 0.25) is 0 Å². The zero-order valence-electron chi connectivity index (χ0n) is 11.9. The van der Waals surface area contributed by atoms with E-state index in [1.807, 2.05) is 6.07 Å². The van der Waals surface area contributed by atoms with Crippen molar-refractivity contribution in [2.75, 3.05) is 6.54 Å². The highest BCUT2D eigenvalue weighted by Crippen LogP contribution is 2.28. The lowest BCUT2D eigenvalue weighted by molar-refractivity contribution is -0.386. The number of hydrogen-bond donors (Lipinski definition) is 1. The Kier molecular flexibility index (Phi) is 5.94. The Bertz CT molecular complexity index is 509. The largest absolute Gasteiger partial charge is 0.469 e. The number of rotatable bonds is 7. The summed E-state index contributed by atoms with van der Waals surface area (Å²) in [4.78, 5) is 10.4. The molecule has 0 aromatic heterocycles. The Morgan fingerprint density at radius 2 is 2.15 bits per heavy atom. The van der Waals surface area contributed by atoms with Crippen molar-refractivity contribution in [1.82, 2.24) is 5.32 Å². The molecule has 0 amide bonds. The van der Waals surface area contributed by atoms with Crippen LogP contribution in [0.15, 0.2) is 18.2 Å². The average Bonchev–Trinajstić information content (AvgIpc) is 2.38. The summed E-state index contributed by atoms with van der Waals surface area (Å²) >= 11 is 0. The molecule has 0 aliphatic heterocycles. The molecule has 20 heavy (non-hydrogen) atoms. The van der Waals surface area contributed by atoms with Crippen molar-refractivity contribution in [1.29, 1.82) is 5.26 Å². The van der Waals surface area contributed by atoms with Crippen molar-refractivity contribution in [3.05, 3.63) is 33.9 Å². The molecule has 1 N–H and O–H groups in total. The first kappa shape index (κ1) is 15.9. The van der Waals surface area contributed by atoms with Crippen LogP contribution in [-0.2, 0) is 6.54 Å². The van der Waals surface area contributed by atoms with Gasteiger partial charge in [0.15, 0.2) is 11.9 Å². The highest BCUT2D eigenvalue weighted by Gasteiger charge is 2.17. The SMILES string of the molecule is CC(C)CNCc1ccc([N+](=O)[O-])c(OC(C)C#N)c1. The van der Waals surface area contributed by atoms with Gasteiger partial charge in [0.05, 0.1) is 4.92 Å². The van der Waals surface area contributed by atoms with E-state index >= 15 is 0 Å². The third kappa shape index (κ3) is 4.86. The van der Waals surface area contributed by atoms with Crippen LogP contribution in [0.25, 0.3) is 0 Å². The highest BCUT2D eigenvalue weighted by molar-refractivity contribution is 5.48. The predicted octanol–water partition coefficient (Wildman–Crippen LogP) is 2.63. The third-order valence-corrected chi connectivity index (χ3v) is 2.59. The number of nitrogens with one attached hydrogen (secondary N) is 1. The first-order valence-corrected chi connectivity index (χ1v) is 6.48. The minimum absolute atomic E-state index is 0.125. The number of nitrogens with zero attached hydrogens (tertiary/aromatic N) is 2. The zero-order valence-corrected chi connectivity index (χ0v) is 11.9. The van der Waals surface area contributed by atoms with Crippen LogP contribution in [0, 0.1) is 27.4 Å². The normalized spacial score (nSPS) is 11.9. The number of ether oxygens (including phenoxy) is 1. The number of nitro benzene ring substituents is 1. The molecule has 0 saturated carbocycles. The summed E-state index contributed by atoms with van der Waals surface area (Å²) in [5.74, 6) is 0.662. The fourth-order valence-corrected chi connectivity index (χ4v) is 1.64. The molecule has 0 aliphatic rings. The molecular weight excluding hydrogens is 258 g/mol. The van der Waals surface area contributed by atoms with Crippen LogP contribution in [0.3, 0.4) is 0 Å². The van der Waals surface area contributed by atoms with Gasteiger partial charge in [-0.25, -0.2) is 0 Å². The molecule has 1 rings (SSSR count). The predicted molar refractivity (Wildman–Crippen MR) is 75.3 cm³/mol. The quantitative estimate of drug-likeness (QED) is 0.611. The summed E-state index contributed by atoms with van der Waals surface area (Å²) in [5, 5.41) is 22.9. The van der Waals surface area contributed by atoms with Gasteiger partial charge in [-0.15, -0.1) is 0 Å². The van der Waals surface area contributed by atoms with Gasteiger partial charge < -0.3 is 10.1 Å². The highest BCUT2D eigenvalue weighted by atomic mass is 16.6. The second kappa shape index (κ2) is 7.46. The first-order valence-electron chi connectivity index (χ1n) is 6.48. The molecule has 0 bridgehead atoms. The summed E-state index contributed by atoms with van der Waals surface area (Å²) in [6, 6.07) is 6.61. The van der Waals surface area contributed by atoms with Gasteiger partial charge in [-0.3, -0.25) is 10.1 Å².